The number of aromatic amines is 1. The predicted octanol–water partition coefficient (Wildman–Crippen LogP) is 7.54. The van der Waals surface area contributed by atoms with Gasteiger partial charge in [0.25, 0.3) is 15.9 Å². The summed E-state index contributed by atoms with van der Waals surface area (Å²) in [6.07, 6.45) is 5.95. The maximum atomic E-state index is 15.2. The number of sulfonamides is 1. The van der Waals surface area contributed by atoms with Gasteiger partial charge in [-0.3, -0.25) is 19.8 Å². The quantitative estimate of drug-likeness (QED) is 0.0695. The fourth-order valence-electron chi connectivity index (χ4n) is 7.54. The first-order valence-corrected chi connectivity index (χ1v) is 21.9. The molecule has 61 heavy (non-hydrogen) atoms. The molecule has 0 radical (unpaired) electrons. The number of alkyl halides is 1. The van der Waals surface area contributed by atoms with Gasteiger partial charge in [0.15, 0.2) is 17.2 Å². The maximum absolute atomic E-state index is 15.2. The van der Waals surface area contributed by atoms with E-state index in [2.05, 4.69) is 63.0 Å². The highest BCUT2D eigenvalue weighted by Gasteiger charge is 2.34. The Bertz CT molecular complexity index is 2540. The van der Waals surface area contributed by atoms with Crippen LogP contribution in [-0.4, -0.2) is 97.2 Å². The molecule has 3 N–H and O–H groups in total. The van der Waals surface area contributed by atoms with Crippen molar-refractivity contribution in [3.05, 3.63) is 111 Å². The van der Waals surface area contributed by atoms with Crippen LogP contribution in [0, 0.1) is 16.0 Å². The number of hydrogen-bond donors (Lipinski definition) is 3. The van der Waals surface area contributed by atoms with Crippen molar-refractivity contribution in [2.75, 3.05) is 57.3 Å². The number of carbonyl (C=O) groups is 1. The smallest absolute Gasteiger partial charge is 0.312 e. The fourth-order valence-corrected chi connectivity index (χ4v) is 8.63. The second-order valence-electron chi connectivity index (χ2n) is 15.9. The normalized spacial score (nSPS) is 16.3. The van der Waals surface area contributed by atoms with Crippen LogP contribution in [0.25, 0.3) is 16.6 Å². The summed E-state index contributed by atoms with van der Waals surface area (Å²) in [4.78, 5) is 40.7. The van der Waals surface area contributed by atoms with Crippen LogP contribution in [0.2, 0.25) is 5.02 Å². The Labute approximate surface area is 358 Å². The number of fused-ring (bicyclic) bond motifs is 1. The number of rotatable bonds is 15. The van der Waals surface area contributed by atoms with Crippen molar-refractivity contribution in [1.82, 2.24) is 29.9 Å². The van der Waals surface area contributed by atoms with Gasteiger partial charge >= 0.3 is 5.69 Å². The van der Waals surface area contributed by atoms with Gasteiger partial charge in [0.1, 0.15) is 23.7 Å². The van der Waals surface area contributed by atoms with E-state index in [-0.39, 0.29) is 35.8 Å². The van der Waals surface area contributed by atoms with Gasteiger partial charge in [0.2, 0.25) is 0 Å². The largest absolute Gasteiger partial charge is 0.483 e. The van der Waals surface area contributed by atoms with E-state index in [4.69, 9.17) is 21.1 Å². The van der Waals surface area contributed by atoms with Crippen molar-refractivity contribution in [1.29, 1.82) is 0 Å². The topological polar surface area (TPSA) is 185 Å². The Kier molecular flexibility index (Phi) is 13.2. The molecule has 0 atom stereocenters. The van der Waals surface area contributed by atoms with Crippen LogP contribution in [0.15, 0.2) is 89.7 Å². The van der Waals surface area contributed by atoms with Crippen LogP contribution in [0.3, 0.4) is 0 Å². The van der Waals surface area contributed by atoms with Crippen molar-refractivity contribution in [3.63, 3.8) is 0 Å². The van der Waals surface area contributed by atoms with Crippen LogP contribution >= 0.6 is 11.6 Å². The Morgan fingerprint density at radius 1 is 1.02 bits per heavy atom. The minimum atomic E-state index is -4.70. The number of hydrogen-bond acceptors (Lipinski definition) is 12. The molecule has 322 valence electrons. The molecule has 5 heterocycles. The number of nitrogens with one attached hydrogen (secondary N) is 3. The third-order valence-corrected chi connectivity index (χ3v) is 12.4. The average Bonchev–Trinajstić information content (AvgIpc) is 3.71. The van der Waals surface area contributed by atoms with E-state index in [1.165, 1.54) is 29.1 Å². The van der Waals surface area contributed by atoms with Gasteiger partial charge in [-0.1, -0.05) is 43.2 Å². The lowest BCUT2D eigenvalue weighted by molar-refractivity contribution is -0.386. The molecule has 2 saturated heterocycles. The number of H-pyrrole nitrogens is 1. The van der Waals surface area contributed by atoms with Gasteiger partial charge in [0, 0.05) is 61.5 Å². The number of carbonyl (C=O) groups excluding carboxylic acids is 1. The first kappa shape index (κ1) is 43.5. The maximum Gasteiger partial charge on any atom is 0.312 e. The van der Waals surface area contributed by atoms with E-state index in [0.717, 1.165) is 49.6 Å². The summed E-state index contributed by atoms with van der Waals surface area (Å²) in [5.74, 6) is -0.707. The molecule has 2 aliphatic heterocycles. The second-order valence-corrected chi connectivity index (χ2v) is 18.0. The van der Waals surface area contributed by atoms with Crippen molar-refractivity contribution in [2.45, 2.75) is 50.6 Å². The lowest BCUT2D eigenvalue weighted by Gasteiger charge is -2.36. The summed E-state index contributed by atoms with van der Waals surface area (Å²) in [7, 11) is -4.70. The number of halogens is 2. The first-order chi connectivity index (χ1) is 29.2. The lowest BCUT2D eigenvalue weighted by Crippen LogP contribution is -2.47. The van der Waals surface area contributed by atoms with Crippen molar-refractivity contribution >= 4 is 55.5 Å². The average molecular weight is 875 g/mol. The summed E-state index contributed by atoms with van der Waals surface area (Å²) < 4.78 is 56.1. The highest BCUT2D eigenvalue weighted by Crippen LogP contribution is 2.34. The summed E-state index contributed by atoms with van der Waals surface area (Å²) in [6, 6.07) is 16.0. The van der Waals surface area contributed by atoms with E-state index in [1.807, 2.05) is 16.9 Å². The molecular formula is C43H48ClFN8O7S. The number of benzene rings is 2. The minimum Gasteiger partial charge on any atom is -0.483 e. The summed E-state index contributed by atoms with van der Waals surface area (Å²) >= 11 is 6.19. The molecule has 7 rings (SSSR count). The van der Waals surface area contributed by atoms with Gasteiger partial charge in [0.05, 0.1) is 27.9 Å². The molecule has 2 aromatic carbocycles. The van der Waals surface area contributed by atoms with E-state index < -0.39 is 43.7 Å². The number of allylic oxidation sites excluding steroid dienone is 1. The summed E-state index contributed by atoms with van der Waals surface area (Å²) in [6.45, 7) is 10.6. The lowest BCUT2D eigenvalue weighted by atomic mass is 9.92. The van der Waals surface area contributed by atoms with Gasteiger partial charge in [-0.15, -0.1) is 0 Å². The summed E-state index contributed by atoms with van der Waals surface area (Å²) in [5.41, 5.74) is 2.32. The van der Waals surface area contributed by atoms with Gasteiger partial charge in [-0.2, -0.15) is 0 Å². The molecular weight excluding hydrogens is 827 g/mol. The number of nitro groups is 1. The number of aromatic nitrogens is 3. The molecule has 2 fully saturated rings. The third-order valence-electron chi connectivity index (χ3n) is 10.8. The number of piperidine rings is 1. The van der Waals surface area contributed by atoms with Gasteiger partial charge in [-0.25, -0.2) is 27.5 Å². The molecule has 0 aliphatic carbocycles. The standard InChI is InChI=1S/C43H48ClFN8O7S/c1-28(2)20-36(30-4-6-32(44)7-5-30)29(3)26-51-16-18-52(19-17-51)33-22-39(60-34-21-31-10-13-47-41(31)49-25-34)40(48-24-33)42(54)50-61(57,58)35-8-9-38(37(23-35)53(55)56)59-27-43(45)11-14-46-15-12-43/h4-10,13,21-25,28,46H,11-12,14-20,26-27H2,1-3H3,(H,47,49)(H,50,54)/b36-29-. The number of nitro benzene ring substituents is 1. The zero-order chi connectivity index (χ0) is 43.3. The SMILES string of the molecule is C/C(CN1CCN(c2cnc(C(=O)NS(=O)(=O)c3ccc(OCC4(F)CCNCC4)c([N+](=O)[O-])c3)c(Oc3cnc4[nH]ccc4c3)c2)CC1)=C(\CC(C)C)c1ccc(Cl)cc1. The van der Waals surface area contributed by atoms with E-state index in [1.54, 1.807) is 24.4 Å². The zero-order valence-electron chi connectivity index (χ0n) is 34.1. The van der Waals surface area contributed by atoms with Crippen LogP contribution in [0.4, 0.5) is 15.8 Å². The Balaban J connectivity index is 1.09. The molecule has 1 amide bonds. The van der Waals surface area contributed by atoms with Crippen molar-refractivity contribution in [3.8, 4) is 17.2 Å². The molecule has 5 aromatic rings. The van der Waals surface area contributed by atoms with Crippen LogP contribution in [0.1, 0.15) is 56.1 Å². The fraction of sp³-hybridized carbons (Fsp3) is 0.372. The first-order valence-electron chi connectivity index (χ1n) is 20.1. The summed E-state index contributed by atoms with van der Waals surface area (Å²) in [5, 5.41) is 16.5. The highest BCUT2D eigenvalue weighted by atomic mass is 35.5. The number of piperazine rings is 1. The van der Waals surface area contributed by atoms with Crippen molar-refractivity contribution < 1.29 is 32.0 Å². The highest BCUT2D eigenvalue weighted by molar-refractivity contribution is 7.90. The van der Waals surface area contributed by atoms with Crippen LogP contribution in [0.5, 0.6) is 17.2 Å². The zero-order valence-corrected chi connectivity index (χ0v) is 35.7. The molecule has 15 nitrogen and oxygen atoms in total. The Morgan fingerprint density at radius 2 is 1.75 bits per heavy atom. The molecule has 3 aromatic heterocycles. The molecule has 0 bridgehead atoms. The van der Waals surface area contributed by atoms with E-state index in [0.29, 0.717) is 48.5 Å². The molecule has 0 saturated carbocycles. The van der Waals surface area contributed by atoms with Crippen LogP contribution in [-0.2, 0) is 10.0 Å². The van der Waals surface area contributed by atoms with Crippen LogP contribution < -0.4 is 24.4 Å². The Morgan fingerprint density at radius 3 is 2.46 bits per heavy atom. The second kappa shape index (κ2) is 18.6. The Hall–Kier alpha value is -5.62. The predicted molar refractivity (Wildman–Crippen MR) is 232 cm³/mol. The van der Waals surface area contributed by atoms with Gasteiger partial charge in [-0.05, 0) is 92.7 Å². The molecule has 0 unspecified atom stereocenters. The number of anilines is 1. The monoisotopic (exact) mass is 874 g/mol. The number of ether oxygens (including phenoxy) is 2. The van der Waals surface area contributed by atoms with Gasteiger partial charge < -0.3 is 24.7 Å². The van der Waals surface area contributed by atoms with E-state index in [9.17, 15) is 23.3 Å². The van der Waals surface area contributed by atoms with E-state index >= 15 is 4.39 Å². The molecule has 18 heteroatoms. The third kappa shape index (κ3) is 10.6. The number of pyridine rings is 2. The number of amides is 1. The minimum absolute atomic E-state index is 0.0304. The molecule has 2 aliphatic rings. The van der Waals surface area contributed by atoms with Crippen molar-refractivity contribution in [2.24, 2.45) is 5.92 Å². The molecule has 0 spiro atoms. The number of nitrogens with zero attached hydrogens (tertiary/aromatic N) is 5.